The molecule has 40 heavy (non-hydrogen) atoms. The number of carbonyl (C=O) groups is 2. The molecule has 0 fully saturated rings. The summed E-state index contributed by atoms with van der Waals surface area (Å²) in [6.07, 6.45) is 1.27. The smallest absolute Gasteiger partial charge is 0.375 e. The number of rotatable bonds is 14. The molecule has 0 aliphatic rings. The molecule has 0 unspecified atom stereocenters. The van der Waals surface area contributed by atoms with Crippen molar-refractivity contribution in [2.24, 2.45) is 11.8 Å². The molecule has 0 N–H and O–H groups in total. The molecule has 212 valence electrons. The molecule has 3 aromatic rings. The average Bonchev–Trinajstić information content (AvgIpc) is 2.94. The van der Waals surface area contributed by atoms with E-state index in [0.717, 1.165) is 15.9 Å². The third-order valence-corrected chi connectivity index (χ3v) is 12.0. The van der Waals surface area contributed by atoms with Crippen LogP contribution in [0.2, 0.25) is 5.04 Å². The second kappa shape index (κ2) is 14.4. The highest BCUT2D eigenvalue weighted by atomic mass is 28.4. The molecule has 0 radical (unpaired) electrons. The predicted molar refractivity (Wildman–Crippen MR) is 163 cm³/mol. The van der Waals surface area contributed by atoms with Crippen molar-refractivity contribution in [1.82, 2.24) is 0 Å². The molecule has 3 rings (SSSR count). The summed E-state index contributed by atoms with van der Waals surface area (Å²) in [5, 5.41) is 1.91. The van der Waals surface area contributed by atoms with Gasteiger partial charge < -0.3 is 13.9 Å². The number of ether oxygens (including phenoxy) is 2. The summed E-state index contributed by atoms with van der Waals surface area (Å²) in [5.41, 5.74) is 1.02. The Labute approximate surface area is 240 Å². The molecule has 3 aromatic carbocycles. The largest absolute Gasteiger partial charge is 0.457 e. The lowest BCUT2D eigenvalue weighted by Gasteiger charge is -2.44. The second-order valence-corrected chi connectivity index (χ2v) is 15.6. The van der Waals surface area contributed by atoms with E-state index in [2.05, 4.69) is 51.6 Å². The Hall–Kier alpha value is -3.32. The van der Waals surface area contributed by atoms with Crippen molar-refractivity contribution in [3.8, 4) is 0 Å². The van der Waals surface area contributed by atoms with E-state index in [1.165, 1.54) is 0 Å². The molecule has 0 aromatic heterocycles. The van der Waals surface area contributed by atoms with Gasteiger partial charge in [0, 0.05) is 12.5 Å². The van der Waals surface area contributed by atoms with Crippen LogP contribution in [-0.2, 0) is 30.1 Å². The highest BCUT2D eigenvalue weighted by Crippen LogP contribution is 2.37. The van der Waals surface area contributed by atoms with Crippen LogP contribution in [0.15, 0.2) is 104 Å². The van der Waals surface area contributed by atoms with Crippen molar-refractivity contribution >= 4 is 30.4 Å². The first-order chi connectivity index (χ1) is 19.1. The fourth-order valence-electron chi connectivity index (χ4n) is 5.03. The topological polar surface area (TPSA) is 61.8 Å². The van der Waals surface area contributed by atoms with Gasteiger partial charge in [-0.1, -0.05) is 118 Å². The summed E-state index contributed by atoms with van der Waals surface area (Å²) in [7, 11) is -2.95. The molecule has 0 bridgehead atoms. The van der Waals surface area contributed by atoms with Gasteiger partial charge in [-0.05, 0) is 34.8 Å². The van der Waals surface area contributed by atoms with Gasteiger partial charge in [-0.15, -0.1) is 6.58 Å². The molecule has 5 nitrogen and oxygen atoms in total. The minimum atomic E-state index is -2.95. The number of Topliss-reactive ketones (excluding diaryl/α,β-unsaturated/α-hetero) is 1. The minimum absolute atomic E-state index is 0.0324. The Morgan fingerprint density at radius 3 is 1.77 bits per heavy atom. The highest BCUT2D eigenvalue weighted by molar-refractivity contribution is 6.99. The summed E-state index contributed by atoms with van der Waals surface area (Å²) in [5.74, 6) is -2.75. The predicted octanol–water partition coefficient (Wildman–Crippen LogP) is 5.72. The zero-order chi connectivity index (χ0) is 29.2. The normalized spacial score (nSPS) is 13.4. The van der Waals surface area contributed by atoms with Crippen molar-refractivity contribution in [1.29, 1.82) is 0 Å². The van der Waals surface area contributed by atoms with E-state index >= 15 is 0 Å². The van der Waals surface area contributed by atoms with E-state index in [4.69, 9.17) is 13.9 Å². The lowest BCUT2D eigenvalue weighted by atomic mass is 9.89. The number of hydrogen-bond donors (Lipinski definition) is 0. The van der Waals surface area contributed by atoms with Crippen LogP contribution in [-0.4, -0.2) is 39.4 Å². The van der Waals surface area contributed by atoms with E-state index in [9.17, 15) is 9.59 Å². The molecule has 0 aliphatic carbocycles. The summed E-state index contributed by atoms with van der Waals surface area (Å²) in [6, 6.07) is 30.3. The third kappa shape index (κ3) is 7.66. The Balaban J connectivity index is 1.98. The van der Waals surface area contributed by atoms with E-state index < -0.39 is 38.0 Å². The minimum Gasteiger partial charge on any atom is -0.457 e. The van der Waals surface area contributed by atoms with Gasteiger partial charge in [0.25, 0.3) is 8.32 Å². The first kappa shape index (κ1) is 31.2. The first-order valence-electron chi connectivity index (χ1n) is 13.8. The van der Waals surface area contributed by atoms with Crippen LogP contribution < -0.4 is 10.4 Å². The number of ketones is 1. The molecular formula is C34H42O5Si. The molecule has 0 saturated heterocycles. The van der Waals surface area contributed by atoms with Gasteiger partial charge >= 0.3 is 5.97 Å². The van der Waals surface area contributed by atoms with E-state index in [0.29, 0.717) is 6.61 Å². The molecule has 6 heteroatoms. The first-order valence-corrected chi connectivity index (χ1v) is 15.7. The third-order valence-electron chi connectivity index (χ3n) is 7.02. The van der Waals surface area contributed by atoms with Crippen LogP contribution in [0.25, 0.3) is 0 Å². The van der Waals surface area contributed by atoms with E-state index in [-0.39, 0.29) is 18.3 Å². The van der Waals surface area contributed by atoms with Crippen LogP contribution >= 0.6 is 0 Å². The van der Waals surface area contributed by atoms with Gasteiger partial charge in [0.1, 0.15) is 0 Å². The molecule has 0 spiro atoms. The Bertz CT molecular complexity index is 1180. The van der Waals surface area contributed by atoms with Gasteiger partial charge in [0.15, 0.2) is 0 Å². The number of carbonyl (C=O) groups excluding carboxylic acids is 2. The Kier molecular flexibility index (Phi) is 11.2. The molecule has 0 heterocycles. The quantitative estimate of drug-likeness (QED) is 0.110. The standard InChI is InChI=1S/C34H42O5Si/c1-7-28(24-37-23-27-17-11-8-12-18-27)31(32(35)33(36)39-26(2)3)25-38-40(34(4,5)6,29-19-13-9-14-20-29)30-21-15-10-16-22-30/h7-22,26,28,31H,1,23-25H2,2-6H3/t28-,31-/m0/s1. The lowest BCUT2D eigenvalue weighted by molar-refractivity contribution is -0.159. The van der Waals surface area contributed by atoms with Crippen molar-refractivity contribution in [2.45, 2.75) is 52.4 Å². The van der Waals surface area contributed by atoms with Crippen LogP contribution in [0.5, 0.6) is 0 Å². The van der Waals surface area contributed by atoms with Gasteiger partial charge in [0.2, 0.25) is 5.78 Å². The summed E-state index contributed by atoms with van der Waals surface area (Å²) >= 11 is 0. The van der Waals surface area contributed by atoms with Crippen LogP contribution in [0.3, 0.4) is 0 Å². The summed E-state index contributed by atoms with van der Waals surface area (Å²) in [6.45, 7) is 14.6. The van der Waals surface area contributed by atoms with Crippen LogP contribution in [0.4, 0.5) is 0 Å². The second-order valence-electron chi connectivity index (χ2n) is 11.3. The van der Waals surface area contributed by atoms with Crippen LogP contribution in [0, 0.1) is 11.8 Å². The zero-order valence-electron chi connectivity index (χ0n) is 24.3. The fourth-order valence-corrected chi connectivity index (χ4v) is 9.61. The average molecular weight is 559 g/mol. The molecular weight excluding hydrogens is 516 g/mol. The zero-order valence-corrected chi connectivity index (χ0v) is 25.3. The van der Waals surface area contributed by atoms with Crippen molar-refractivity contribution in [3.05, 3.63) is 109 Å². The summed E-state index contributed by atoms with van der Waals surface area (Å²) < 4.78 is 18.4. The highest BCUT2D eigenvalue weighted by Gasteiger charge is 2.51. The number of benzene rings is 3. The monoisotopic (exact) mass is 558 g/mol. The SMILES string of the molecule is C=C[C@@H](COCc1ccccc1)[C@H](CO[Si](c1ccccc1)(c1ccccc1)C(C)(C)C)C(=O)C(=O)OC(C)C. The van der Waals surface area contributed by atoms with Crippen molar-refractivity contribution in [3.63, 3.8) is 0 Å². The van der Waals surface area contributed by atoms with Crippen molar-refractivity contribution < 1.29 is 23.5 Å². The lowest BCUT2D eigenvalue weighted by Crippen LogP contribution is -2.67. The van der Waals surface area contributed by atoms with Crippen molar-refractivity contribution in [2.75, 3.05) is 13.2 Å². The molecule has 0 amide bonds. The van der Waals surface area contributed by atoms with Gasteiger partial charge in [0.05, 0.1) is 25.2 Å². The maximum absolute atomic E-state index is 13.6. The van der Waals surface area contributed by atoms with Gasteiger partial charge in [-0.3, -0.25) is 4.79 Å². The van der Waals surface area contributed by atoms with E-state index in [1.54, 1.807) is 19.9 Å². The Morgan fingerprint density at radius 2 is 1.32 bits per heavy atom. The van der Waals surface area contributed by atoms with Gasteiger partial charge in [-0.2, -0.15) is 0 Å². The molecule has 0 saturated carbocycles. The maximum Gasteiger partial charge on any atom is 0.375 e. The summed E-state index contributed by atoms with van der Waals surface area (Å²) in [4.78, 5) is 26.5. The van der Waals surface area contributed by atoms with Gasteiger partial charge in [-0.25, -0.2) is 4.79 Å². The number of esters is 1. The Morgan fingerprint density at radius 1 is 0.825 bits per heavy atom. The van der Waals surface area contributed by atoms with E-state index in [1.807, 2.05) is 66.7 Å². The molecule has 0 aliphatic heterocycles. The van der Waals surface area contributed by atoms with Crippen LogP contribution in [0.1, 0.15) is 40.2 Å². The molecule has 2 atom stereocenters. The fraction of sp³-hybridized carbons (Fsp3) is 0.353. The number of hydrogen-bond acceptors (Lipinski definition) is 5. The maximum atomic E-state index is 13.6.